The largest absolute Gasteiger partial charge is 0.384 e. The molecule has 0 aromatic heterocycles. The highest BCUT2D eigenvalue weighted by molar-refractivity contribution is 7.89. The third kappa shape index (κ3) is 4.72. The van der Waals surface area contributed by atoms with Crippen molar-refractivity contribution in [2.75, 3.05) is 32.1 Å². The van der Waals surface area contributed by atoms with Crippen LogP contribution in [0.4, 0.5) is 5.69 Å². The number of anilines is 1. The number of rotatable bonds is 6. The molecule has 2 bridgehead atoms. The lowest BCUT2D eigenvalue weighted by atomic mass is 9.91. The van der Waals surface area contributed by atoms with E-state index in [0.29, 0.717) is 31.7 Å². The van der Waals surface area contributed by atoms with E-state index in [-0.39, 0.29) is 34.2 Å². The summed E-state index contributed by atoms with van der Waals surface area (Å²) in [4.78, 5) is 26.1. The smallest absolute Gasteiger partial charge is 0.244 e. The maximum Gasteiger partial charge on any atom is 0.244 e. The van der Waals surface area contributed by atoms with Crippen LogP contribution < -0.4 is 5.32 Å². The summed E-state index contributed by atoms with van der Waals surface area (Å²) in [6, 6.07) is 2.92. The molecule has 2 aliphatic heterocycles. The summed E-state index contributed by atoms with van der Waals surface area (Å²) < 4.78 is 34.1. The number of terminal acetylenes is 1. The normalized spacial score (nSPS) is 24.4. The zero-order chi connectivity index (χ0) is 22.8. The molecule has 2 saturated heterocycles. The van der Waals surface area contributed by atoms with Crippen LogP contribution in [0.3, 0.4) is 0 Å². The predicted molar refractivity (Wildman–Crippen MR) is 117 cm³/mol. The quantitative estimate of drug-likeness (QED) is 0.645. The molecule has 31 heavy (non-hydrogen) atoms. The van der Waals surface area contributed by atoms with Crippen LogP contribution in [0.15, 0.2) is 23.1 Å². The standard InChI is InChI=1S/C21H26ClN3O5S/c1-4-10-24-12-15(13-30-3)19-6-5-7-20(21(24)27)25(19)31(28,29)16-8-9-18(17(22)11-16)23-14(2)26/h1,8-9,11,15,19-20H,5-7,10,12-13H2,2-3H3,(H,23,26)/t15-,19-,20+/m1/s1. The first kappa shape index (κ1) is 23.5. The molecule has 3 rings (SSSR count). The molecule has 1 aromatic carbocycles. The molecule has 0 unspecified atom stereocenters. The second kappa shape index (κ2) is 9.57. The van der Waals surface area contributed by atoms with Gasteiger partial charge in [0.2, 0.25) is 21.8 Å². The molecule has 168 valence electrons. The lowest BCUT2D eigenvalue weighted by Crippen LogP contribution is -2.55. The summed E-state index contributed by atoms with van der Waals surface area (Å²) in [5, 5.41) is 2.66. The molecule has 8 nitrogen and oxygen atoms in total. The van der Waals surface area contributed by atoms with E-state index in [4.69, 9.17) is 22.8 Å². The Balaban J connectivity index is 2.05. The zero-order valence-corrected chi connectivity index (χ0v) is 19.1. The van der Waals surface area contributed by atoms with E-state index in [1.54, 1.807) is 12.0 Å². The zero-order valence-electron chi connectivity index (χ0n) is 17.5. The maximum absolute atomic E-state index is 13.7. The Kier molecular flexibility index (Phi) is 7.27. The number of amides is 2. The minimum atomic E-state index is -4.05. The van der Waals surface area contributed by atoms with E-state index in [9.17, 15) is 18.0 Å². The Bertz CT molecular complexity index is 1010. The molecule has 1 N–H and O–H groups in total. The molecule has 0 saturated carbocycles. The fourth-order valence-corrected chi connectivity index (χ4v) is 6.64. The van der Waals surface area contributed by atoms with Gasteiger partial charge in [-0.2, -0.15) is 4.31 Å². The Morgan fingerprint density at radius 3 is 2.74 bits per heavy atom. The summed E-state index contributed by atoms with van der Waals surface area (Å²) >= 11 is 6.23. The molecule has 3 atom stereocenters. The van der Waals surface area contributed by atoms with E-state index >= 15 is 0 Å². The number of halogens is 1. The lowest BCUT2D eigenvalue weighted by molar-refractivity contribution is -0.134. The molecule has 0 aliphatic carbocycles. The van der Waals surface area contributed by atoms with E-state index in [0.717, 1.165) is 6.42 Å². The molecular formula is C21H26ClN3O5S. The van der Waals surface area contributed by atoms with Gasteiger partial charge < -0.3 is 15.0 Å². The number of nitrogens with one attached hydrogen (secondary N) is 1. The van der Waals surface area contributed by atoms with Crippen LogP contribution in [0, 0.1) is 18.3 Å². The minimum Gasteiger partial charge on any atom is -0.384 e. The van der Waals surface area contributed by atoms with Crippen LogP contribution in [0.2, 0.25) is 5.02 Å². The minimum absolute atomic E-state index is 0.0298. The highest BCUT2D eigenvalue weighted by Crippen LogP contribution is 2.38. The molecule has 2 aliphatic rings. The van der Waals surface area contributed by atoms with Crippen molar-refractivity contribution in [1.82, 2.24) is 9.21 Å². The predicted octanol–water partition coefficient (Wildman–Crippen LogP) is 1.95. The second-order valence-corrected chi connectivity index (χ2v) is 10.1. The van der Waals surface area contributed by atoms with Crippen molar-refractivity contribution < 1.29 is 22.7 Å². The summed E-state index contributed by atoms with van der Waals surface area (Å²) in [5.41, 5.74) is 0.317. The van der Waals surface area contributed by atoms with Crippen LogP contribution in [-0.2, 0) is 24.3 Å². The number of methoxy groups -OCH3 is 1. The van der Waals surface area contributed by atoms with Gasteiger partial charge in [-0.25, -0.2) is 8.42 Å². The average Bonchev–Trinajstić information content (AvgIpc) is 2.78. The molecular weight excluding hydrogens is 442 g/mol. The Morgan fingerprint density at radius 2 is 2.13 bits per heavy atom. The Morgan fingerprint density at radius 1 is 1.39 bits per heavy atom. The monoisotopic (exact) mass is 467 g/mol. The van der Waals surface area contributed by atoms with Crippen molar-refractivity contribution in [3.05, 3.63) is 23.2 Å². The van der Waals surface area contributed by atoms with Crippen molar-refractivity contribution in [3.8, 4) is 12.3 Å². The van der Waals surface area contributed by atoms with Gasteiger partial charge in [0, 0.05) is 32.5 Å². The van der Waals surface area contributed by atoms with E-state index < -0.39 is 22.1 Å². The molecule has 1 aromatic rings. The van der Waals surface area contributed by atoms with Crippen LogP contribution in [0.5, 0.6) is 0 Å². The summed E-state index contributed by atoms with van der Waals surface area (Å²) in [6.45, 7) is 2.10. The van der Waals surface area contributed by atoms with Crippen molar-refractivity contribution in [1.29, 1.82) is 0 Å². The number of fused-ring (bicyclic) bond motifs is 2. The first-order chi connectivity index (χ1) is 14.7. The number of hydrogen-bond acceptors (Lipinski definition) is 5. The van der Waals surface area contributed by atoms with Gasteiger partial charge in [-0.15, -0.1) is 6.42 Å². The number of piperidine rings is 1. The highest BCUT2D eigenvalue weighted by atomic mass is 35.5. The average molecular weight is 468 g/mol. The first-order valence-corrected chi connectivity index (χ1v) is 11.8. The number of benzene rings is 1. The van der Waals surface area contributed by atoms with Crippen molar-refractivity contribution in [3.63, 3.8) is 0 Å². The SMILES string of the molecule is C#CCN1C[C@H](COC)[C@H]2CCC[C@@H](C1=O)N2S(=O)(=O)c1ccc(NC(C)=O)c(Cl)c1. The van der Waals surface area contributed by atoms with Gasteiger partial charge in [0.1, 0.15) is 6.04 Å². The number of carbonyl (C=O) groups is 2. The van der Waals surface area contributed by atoms with E-state index in [1.165, 1.54) is 29.4 Å². The van der Waals surface area contributed by atoms with Gasteiger partial charge in [-0.1, -0.05) is 17.5 Å². The Labute approximate surface area is 187 Å². The number of hydrogen-bond donors (Lipinski definition) is 1. The number of ether oxygens (including phenoxy) is 1. The number of nitrogens with zero attached hydrogens (tertiary/aromatic N) is 2. The highest BCUT2D eigenvalue weighted by Gasteiger charge is 2.50. The van der Waals surface area contributed by atoms with Gasteiger partial charge in [0.05, 0.1) is 28.8 Å². The fourth-order valence-electron chi connectivity index (χ4n) is 4.43. The topological polar surface area (TPSA) is 96.0 Å². The molecule has 0 spiro atoms. The second-order valence-electron chi connectivity index (χ2n) is 7.81. The van der Waals surface area contributed by atoms with Crippen LogP contribution in [-0.4, -0.2) is 68.3 Å². The van der Waals surface area contributed by atoms with E-state index in [1.807, 2.05) is 0 Å². The molecule has 2 fully saturated rings. The first-order valence-electron chi connectivity index (χ1n) is 10.0. The van der Waals surface area contributed by atoms with Gasteiger partial charge in [0.25, 0.3) is 0 Å². The summed E-state index contributed by atoms with van der Waals surface area (Å²) in [6.07, 6.45) is 7.24. The number of sulfonamides is 1. The van der Waals surface area contributed by atoms with Gasteiger partial charge in [0.15, 0.2) is 0 Å². The van der Waals surface area contributed by atoms with Crippen molar-refractivity contribution in [2.24, 2.45) is 5.92 Å². The van der Waals surface area contributed by atoms with Gasteiger partial charge in [-0.3, -0.25) is 9.59 Å². The fraction of sp³-hybridized carbons (Fsp3) is 0.524. The van der Waals surface area contributed by atoms with Crippen LogP contribution in [0.25, 0.3) is 0 Å². The lowest BCUT2D eigenvalue weighted by Gasteiger charge is -2.40. The molecule has 0 radical (unpaired) electrons. The maximum atomic E-state index is 13.7. The third-order valence-electron chi connectivity index (χ3n) is 5.70. The summed E-state index contributed by atoms with van der Waals surface area (Å²) in [7, 11) is -2.50. The molecule has 2 amide bonds. The third-order valence-corrected chi connectivity index (χ3v) is 7.94. The van der Waals surface area contributed by atoms with Crippen molar-refractivity contribution in [2.45, 2.75) is 43.2 Å². The van der Waals surface area contributed by atoms with Gasteiger partial charge >= 0.3 is 0 Å². The molecule has 10 heteroatoms. The van der Waals surface area contributed by atoms with Crippen molar-refractivity contribution >= 4 is 39.1 Å². The van der Waals surface area contributed by atoms with E-state index in [2.05, 4.69) is 11.2 Å². The number of carbonyl (C=O) groups excluding carboxylic acids is 2. The molecule has 2 heterocycles. The van der Waals surface area contributed by atoms with Gasteiger partial charge in [-0.05, 0) is 37.5 Å². The summed E-state index contributed by atoms with van der Waals surface area (Å²) in [5.74, 6) is 1.68. The Hall–Kier alpha value is -2.12. The van der Waals surface area contributed by atoms with Crippen LogP contribution in [0.1, 0.15) is 26.2 Å². The van der Waals surface area contributed by atoms with Crippen LogP contribution >= 0.6 is 11.6 Å².